The molecular weight excluding hydrogens is 234 g/mol. The van der Waals surface area contributed by atoms with Crippen LogP contribution in [0.3, 0.4) is 0 Å². The molecule has 0 heterocycles. The van der Waals surface area contributed by atoms with E-state index in [1.54, 1.807) is 7.11 Å². The number of aryl methyl sites for hydroxylation is 2. The van der Waals surface area contributed by atoms with Crippen molar-refractivity contribution in [3.63, 3.8) is 0 Å². The van der Waals surface area contributed by atoms with Crippen molar-refractivity contribution in [2.75, 3.05) is 7.11 Å². The van der Waals surface area contributed by atoms with Crippen molar-refractivity contribution in [1.82, 2.24) is 0 Å². The molecule has 0 amide bonds. The number of methoxy groups -OCH3 is 1. The molecule has 2 aromatic rings. The van der Waals surface area contributed by atoms with Gasteiger partial charge in [-0.15, -0.1) is 0 Å². The maximum Gasteiger partial charge on any atom is 0.123 e. The van der Waals surface area contributed by atoms with Gasteiger partial charge in [-0.25, -0.2) is 0 Å². The SMILES string of the molecule is COc1ccccc1C(N)CCc1ccc(C)cc1. The van der Waals surface area contributed by atoms with Gasteiger partial charge in [-0.2, -0.15) is 0 Å². The molecular formula is C17H21NO. The Kier molecular flexibility index (Phi) is 4.58. The Morgan fingerprint density at radius 2 is 1.74 bits per heavy atom. The maximum absolute atomic E-state index is 6.27. The summed E-state index contributed by atoms with van der Waals surface area (Å²) in [6.07, 6.45) is 1.91. The lowest BCUT2D eigenvalue weighted by molar-refractivity contribution is 0.404. The zero-order chi connectivity index (χ0) is 13.7. The van der Waals surface area contributed by atoms with Crippen LogP contribution >= 0.6 is 0 Å². The zero-order valence-corrected chi connectivity index (χ0v) is 11.6. The van der Waals surface area contributed by atoms with Crippen molar-refractivity contribution in [2.45, 2.75) is 25.8 Å². The van der Waals surface area contributed by atoms with Gasteiger partial charge in [0.2, 0.25) is 0 Å². The molecule has 0 spiro atoms. The van der Waals surface area contributed by atoms with E-state index >= 15 is 0 Å². The Morgan fingerprint density at radius 3 is 2.42 bits per heavy atom. The van der Waals surface area contributed by atoms with E-state index in [4.69, 9.17) is 10.5 Å². The number of benzene rings is 2. The molecule has 0 fully saturated rings. The molecule has 1 unspecified atom stereocenters. The van der Waals surface area contributed by atoms with Crippen molar-refractivity contribution < 1.29 is 4.74 Å². The fraction of sp³-hybridized carbons (Fsp3) is 0.294. The molecule has 100 valence electrons. The molecule has 0 saturated heterocycles. The van der Waals surface area contributed by atoms with Crippen molar-refractivity contribution in [3.05, 3.63) is 65.2 Å². The lowest BCUT2D eigenvalue weighted by Crippen LogP contribution is -2.12. The summed E-state index contributed by atoms with van der Waals surface area (Å²) in [7, 11) is 1.69. The van der Waals surface area contributed by atoms with E-state index in [0.29, 0.717) is 0 Å². The van der Waals surface area contributed by atoms with Gasteiger partial charge >= 0.3 is 0 Å². The van der Waals surface area contributed by atoms with Crippen LogP contribution in [0.15, 0.2) is 48.5 Å². The number of nitrogens with two attached hydrogens (primary N) is 1. The Labute approximate surface area is 115 Å². The van der Waals surface area contributed by atoms with E-state index in [2.05, 4.69) is 31.2 Å². The molecule has 0 aromatic heterocycles. The molecule has 0 aliphatic rings. The zero-order valence-electron chi connectivity index (χ0n) is 11.6. The molecule has 2 aromatic carbocycles. The van der Waals surface area contributed by atoms with Crippen LogP contribution in [0.1, 0.15) is 29.2 Å². The normalized spacial score (nSPS) is 12.2. The first kappa shape index (κ1) is 13.6. The van der Waals surface area contributed by atoms with Crippen LogP contribution in [-0.4, -0.2) is 7.11 Å². The highest BCUT2D eigenvalue weighted by Gasteiger charge is 2.11. The second kappa shape index (κ2) is 6.39. The Hall–Kier alpha value is -1.80. The third-order valence-corrected chi connectivity index (χ3v) is 3.40. The van der Waals surface area contributed by atoms with Gasteiger partial charge in [0.15, 0.2) is 0 Å². The first-order valence-corrected chi connectivity index (χ1v) is 6.64. The van der Waals surface area contributed by atoms with Gasteiger partial charge in [-0.1, -0.05) is 48.0 Å². The third kappa shape index (κ3) is 3.58. The molecule has 0 radical (unpaired) electrons. The smallest absolute Gasteiger partial charge is 0.123 e. The number of hydrogen-bond donors (Lipinski definition) is 1. The Balaban J connectivity index is 2.01. The summed E-state index contributed by atoms with van der Waals surface area (Å²) in [6, 6.07) is 16.6. The van der Waals surface area contributed by atoms with Gasteiger partial charge in [0, 0.05) is 11.6 Å². The molecule has 1 atom stereocenters. The van der Waals surface area contributed by atoms with E-state index in [9.17, 15) is 0 Å². The van der Waals surface area contributed by atoms with Crippen molar-refractivity contribution in [1.29, 1.82) is 0 Å². The summed E-state index contributed by atoms with van der Waals surface area (Å²) in [5, 5.41) is 0. The summed E-state index contributed by atoms with van der Waals surface area (Å²) in [5.41, 5.74) is 9.97. The van der Waals surface area contributed by atoms with E-state index < -0.39 is 0 Å². The minimum atomic E-state index is 0.0115. The van der Waals surface area contributed by atoms with Crippen molar-refractivity contribution >= 4 is 0 Å². The Morgan fingerprint density at radius 1 is 1.05 bits per heavy atom. The maximum atomic E-state index is 6.27. The second-order valence-corrected chi connectivity index (χ2v) is 4.87. The number of rotatable bonds is 5. The lowest BCUT2D eigenvalue weighted by atomic mass is 9.98. The van der Waals surface area contributed by atoms with Crippen LogP contribution < -0.4 is 10.5 Å². The van der Waals surface area contributed by atoms with Gasteiger partial charge in [0.1, 0.15) is 5.75 Å². The largest absolute Gasteiger partial charge is 0.496 e. The first-order chi connectivity index (χ1) is 9.20. The predicted octanol–water partition coefficient (Wildman–Crippen LogP) is 3.64. The van der Waals surface area contributed by atoms with E-state index in [-0.39, 0.29) is 6.04 Å². The Bertz CT molecular complexity index is 519. The van der Waals surface area contributed by atoms with Crippen LogP contribution in [-0.2, 0) is 6.42 Å². The van der Waals surface area contributed by atoms with Crippen molar-refractivity contribution in [2.24, 2.45) is 5.73 Å². The molecule has 2 heteroatoms. The van der Waals surface area contributed by atoms with Gasteiger partial charge in [0.25, 0.3) is 0 Å². The monoisotopic (exact) mass is 255 g/mol. The quantitative estimate of drug-likeness (QED) is 0.885. The summed E-state index contributed by atoms with van der Waals surface area (Å²) in [6.45, 7) is 2.10. The standard InChI is InChI=1S/C17H21NO/c1-13-7-9-14(10-8-13)11-12-16(18)15-5-3-4-6-17(15)19-2/h3-10,16H,11-12,18H2,1-2H3. The molecule has 0 saturated carbocycles. The fourth-order valence-corrected chi connectivity index (χ4v) is 2.21. The highest BCUT2D eigenvalue weighted by atomic mass is 16.5. The molecule has 0 bridgehead atoms. The van der Waals surface area contributed by atoms with Crippen LogP contribution in [0.25, 0.3) is 0 Å². The second-order valence-electron chi connectivity index (χ2n) is 4.87. The van der Waals surface area contributed by atoms with Crippen LogP contribution in [0.5, 0.6) is 5.75 Å². The highest BCUT2D eigenvalue weighted by Crippen LogP contribution is 2.26. The topological polar surface area (TPSA) is 35.2 Å². The summed E-state index contributed by atoms with van der Waals surface area (Å²) in [4.78, 5) is 0. The van der Waals surface area contributed by atoms with Gasteiger partial charge in [-0.05, 0) is 31.4 Å². The third-order valence-electron chi connectivity index (χ3n) is 3.40. The average molecular weight is 255 g/mol. The van der Waals surface area contributed by atoms with Crippen LogP contribution in [0.4, 0.5) is 0 Å². The van der Waals surface area contributed by atoms with Crippen LogP contribution in [0, 0.1) is 6.92 Å². The minimum absolute atomic E-state index is 0.0115. The molecule has 19 heavy (non-hydrogen) atoms. The summed E-state index contributed by atoms with van der Waals surface area (Å²) in [5.74, 6) is 0.874. The molecule has 2 nitrogen and oxygen atoms in total. The van der Waals surface area contributed by atoms with Crippen LogP contribution in [0.2, 0.25) is 0 Å². The molecule has 0 aliphatic heterocycles. The van der Waals surface area contributed by atoms with E-state index in [1.165, 1.54) is 11.1 Å². The highest BCUT2D eigenvalue weighted by molar-refractivity contribution is 5.35. The number of para-hydroxylation sites is 1. The van der Waals surface area contributed by atoms with Gasteiger partial charge < -0.3 is 10.5 Å². The lowest BCUT2D eigenvalue weighted by Gasteiger charge is -2.15. The van der Waals surface area contributed by atoms with Crippen molar-refractivity contribution in [3.8, 4) is 5.75 Å². The number of hydrogen-bond acceptors (Lipinski definition) is 2. The molecule has 0 aliphatic carbocycles. The predicted molar refractivity (Wildman–Crippen MR) is 79.4 cm³/mol. The average Bonchev–Trinajstić information content (AvgIpc) is 2.46. The molecule has 2 rings (SSSR count). The van der Waals surface area contributed by atoms with E-state index in [1.807, 2.05) is 24.3 Å². The number of ether oxygens (including phenoxy) is 1. The summed E-state index contributed by atoms with van der Waals surface area (Å²) >= 11 is 0. The minimum Gasteiger partial charge on any atom is -0.496 e. The first-order valence-electron chi connectivity index (χ1n) is 6.64. The van der Waals surface area contributed by atoms with E-state index in [0.717, 1.165) is 24.2 Å². The molecule has 2 N–H and O–H groups in total. The van der Waals surface area contributed by atoms with Gasteiger partial charge in [0.05, 0.1) is 7.11 Å². The summed E-state index contributed by atoms with van der Waals surface area (Å²) < 4.78 is 5.35. The fourth-order valence-electron chi connectivity index (χ4n) is 2.21. The van der Waals surface area contributed by atoms with Gasteiger partial charge in [-0.3, -0.25) is 0 Å².